The molecule has 3 aromatic rings. The molecular formula is C27H32. The van der Waals surface area contributed by atoms with Gasteiger partial charge in [0.05, 0.1) is 0 Å². The Bertz CT molecular complexity index is 983. The highest BCUT2D eigenvalue weighted by Gasteiger charge is 2.19. The number of hydrogen-bond acceptors (Lipinski definition) is 0. The van der Waals surface area contributed by atoms with Crippen LogP contribution in [0.2, 0.25) is 0 Å². The minimum Gasteiger partial charge on any atom is -0.0587 e. The van der Waals surface area contributed by atoms with Crippen molar-refractivity contribution < 1.29 is 0 Å². The zero-order valence-electron chi connectivity index (χ0n) is 17.5. The third-order valence-corrected chi connectivity index (χ3v) is 6.22. The maximum atomic E-state index is 2.48. The van der Waals surface area contributed by atoms with Gasteiger partial charge >= 0.3 is 0 Å². The van der Waals surface area contributed by atoms with E-state index in [2.05, 4.69) is 83.1 Å². The molecule has 7 rings (SSSR count). The van der Waals surface area contributed by atoms with Crippen molar-refractivity contribution in [2.45, 2.75) is 71.6 Å². The number of rotatable bonds is 1. The van der Waals surface area contributed by atoms with Gasteiger partial charge in [-0.1, -0.05) is 83.1 Å². The van der Waals surface area contributed by atoms with Gasteiger partial charge in [-0.3, -0.25) is 0 Å². The summed E-state index contributed by atoms with van der Waals surface area (Å²) in [4.78, 5) is 0. The minimum atomic E-state index is 0.201. The Hall–Kier alpha value is -2.08. The summed E-state index contributed by atoms with van der Waals surface area (Å²) in [6.07, 6.45) is 4.46. The predicted molar refractivity (Wildman–Crippen MR) is 118 cm³/mol. The summed E-state index contributed by atoms with van der Waals surface area (Å²) >= 11 is 0. The van der Waals surface area contributed by atoms with Crippen LogP contribution in [0.1, 0.15) is 73.9 Å². The summed E-state index contributed by atoms with van der Waals surface area (Å²) < 4.78 is 0. The Balaban J connectivity index is 1.85. The van der Waals surface area contributed by atoms with Crippen LogP contribution in [-0.4, -0.2) is 0 Å². The monoisotopic (exact) mass is 356 g/mol. The van der Waals surface area contributed by atoms with Gasteiger partial charge in [-0.25, -0.2) is 0 Å². The molecule has 0 heteroatoms. The van der Waals surface area contributed by atoms with Crippen molar-refractivity contribution in [1.82, 2.24) is 0 Å². The summed E-state index contributed by atoms with van der Waals surface area (Å²) in [7, 11) is 0. The zero-order valence-corrected chi connectivity index (χ0v) is 17.5. The maximum Gasteiger partial charge on any atom is -0.0129 e. The average molecular weight is 357 g/mol. The van der Waals surface area contributed by atoms with Crippen molar-refractivity contribution in [1.29, 1.82) is 0 Å². The molecule has 140 valence electrons. The quantitative estimate of drug-likeness (QED) is 0.434. The van der Waals surface area contributed by atoms with E-state index >= 15 is 0 Å². The van der Waals surface area contributed by atoms with Crippen LogP contribution in [0.3, 0.4) is 0 Å². The van der Waals surface area contributed by atoms with Crippen molar-refractivity contribution >= 4 is 10.8 Å². The average Bonchev–Trinajstić information content (AvgIpc) is 2.62. The summed E-state index contributed by atoms with van der Waals surface area (Å²) in [5, 5.41) is 2.94. The van der Waals surface area contributed by atoms with Crippen LogP contribution >= 0.6 is 0 Å². The summed E-state index contributed by atoms with van der Waals surface area (Å²) in [6.45, 7) is 11.6. The van der Waals surface area contributed by atoms with E-state index in [-0.39, 0.29) is 5.41 Å². The van der Waals surface area contributed by atoms with E-state index in [1.165, 1.54) is 44.2 Å². The van der Waals surface area contributed by atoms with Crippen LogP contribution in [-0.2, 0) is 31.1 Å². The summed E-state index contributed by atoms with van der Waals surface area (Å²) in [5.41, 5.74) is 9.16. The largest absolute Gasteiger partial charge is 0.0587 e. The van der Waals surface area contributed by atoms with Crippen molar-refractivity contribution in [2.75, 3.05) is 0 Å². The van der Waals surface area contributed by atoms with E-state index in [1.54, 1.807) is 0 Å². The van der Waals surface area contributed by atoms with Crippen LogP contribution < -0.4 is 0 Å². The van der Waals surface area contributed by atoms with Crippen molar-refractivity contribution in [3.05, 3.63) is 81.9 Å². The van der Waals surface area contributed by atoms with Crippen LogP contribution in [0.4, 0.5) is 0 Å². The first kappa shape index (κ1) is 18.3. The second-order valence-electron chi connectivity index (χ2n) is 9.59. The lowest BCUT2D eigenvalue weighted by molar-refractivity contribution is 0.580. The molecule has 0 saturated carbocycles. The second kappa shape index (κ2) is 6.82. The standard InChI is InChI=1S/C27H32/c1-18(2)23-14-15-24-20-10-11-21(25(24)17-23)8-6-19-7-9-22(13-12-20)26(16-19)27(3,4)5/h7,9-11,14-18H,6,8,12-13H2,1-5H3. The molecule has 0 radical (unpaired) electrons. The molecule has 0 spiro atoms. The summed E-state index contributed by atoms with van der Waals surface area (Å²) in [6, 6.07) is 19.2. The lowest BCUT2D eigenvalue weighted by Crippen LogP contribution is -2.16. The van der Waals surface area contributed by atoms with E-state index in [0.29, 0.717) is 5.92 Å². The van der Waals surface area contributed by atoms with Gasteiger partial charge in [-0.2, -0.15) is 0 Å². The maximum absolute atomic E-state index is 2.48. The Kier molecular flexibility index (Phi) is 4.62. The first-order valence-corrected chi connectivity index (χ1v) is 10.5. The molecule has 0 amide bonds. The molecule has 0 aliphatic heterocycles. The Morgan fingerprint density at radius 3 is 2.00 bits per heavy atom. The molecule has 0 N–H and O–H groups in total. The molecule has 0 saturated heterocycles. The molecule has 4 aliphatic carbocycles. The van der Waals surface area contributed by atoms with Crippen LogP contribution in [0.5, 0.6) is 0 Å². The van der Waals surface area contributed by atoms with Gasteiger partial charge in [-0.15, -0.1) is 0 Å². The Morgan fingerprint density at radius 1 is 0.667 bits per heavy atom. The molecule has 0 atom stereocenters. The van der Waals surface area contributed by atoms with E-state index in [0.717, 1.165) is 25.7 Å². The van der Waals surface area contributed by atoms with Gasteiger partial charge in [0.1, 0.15) is 0 Å². The SMILES string of the molecule is CC(C)c1ccc2c3ccc(c2c1)CCc1ccc(c(C(C)(C)C)c1)CC3. The molecule has 0 nitrogen and oxygen atoms in total. The molecule has 4 bridgehead atoms. The van der Waals surface area contributed by atoms with E-state index in [1.807, 2.05) is 0 Å². The molecule has 0 unspecified atom stereocenters. The number of aryl methyl sites for hydroxylation is 4. The van der Waals surface area contributed by atoms with Crippen molar-refractivity contribution in [3.8, 4) is 0 Å². The van der Waals surface area contributed by atoms with Gasteiger partial charge < -0.3 is 0 Å². The molecule has 0 aromatic heterocycles. The van der Waals surface area contributed by atoms with Gasteiger partial charge in [0.25, 0.3) is 0 Å². The van der Waals surface area contributed by atoms with Crippen LogP contribution in [0.25, 0.3) is 10.8 Å². The van der Waals surface area contributed by atoms with E-state index in [4.69, 9.17) is 0 Å². The molecule has 27 heavy (non-hydrogen) atoms. The second-order valence-corrected chi connectivity index (χ2v) is 9.59. The molecule has 3 aromatic carbocycles. The molecule has 0 heterocycles. The zero-order chi connectivity index (χ0) is 19.2. The predicted octanol–water partition coefficient (Wildman–Crippen LogP) is 7.14. The Labute approximate surface area is 164 Å². The van der Waals surface area contributed by atoms with Gasteiger partial charge in [-0.05, 0) is 81.2 Å². The number of benzene rings is 3. The fraction of sp³-hybridized carbons (Fsp3) is 0.407. The summed E-state index contributed by atoms with van der Waals surface area (Å²) in [5.74, 6) is 0.575. The van der Waals surface area contributed by atoms with Crippen LogP contribution in [0.15, 0.2) is 48.5 Å². The third kappa shape index (κ3) is 3.55. The highest BCUT2D eigenvalue weighted by atomic mass is 14.2. The van der Waals surface area contributed by atoms with Gasteiger partial charge in [0.15, 0.2) is 0 Å². The fourth-order valence-electron chi connectivity index (χ4n) is 4.53. The fourth-order valence-corrected chi connectivity index (χ4v) is 4.53. The molecule has 4 aliphatic rings. The van der Waals surface area contributed by atoms with Crippen molar-refractivity contribution in [3.63, 3.8) is 0 Å². The first-order valence-electron chi connectivity index (χ1n) is 10.5. The Morgan fingerprint density at radius 2 is 1.30 bits per heavy atom. The topological polar surface area (TPSA) is 0 Å². The van der Waals surface area contributed by atoms with Crippen LogP contribution in [0, 0.1) is 0 Å². The lowest BCUT2D eigenvalue weighted by atomic mass is 9.80. The first-order chi connectivity index (χ1) is 12.8. The van der Waals surface area contributed by atoms with Crippen molar-refractivity contribution in [2.24, 2.45) is 0 Å². The lowest BCUT2D eigenvalue weighted by Gasteiger charge is -2.25. The highest BCUT2D eigenvalue weighted by Crippen LogP contribution is 2.32. The smallest absolute Gasteiger partial charge is 0.0129 e. The third-order valence-electron chi connectivity index (χ3n) is 6.22. The highest BCUT2D eigenvalue weighted by molar-refractivity contribution is 5.89. The number of hydrogen-bond donors (Lipinski definition) is 0. The molecule has 0 fully saturated rings. The van der Waals surface area contributed by atoms with E-state index in [9.17, 15) is 0 Å². The normalized spacial score (nSPS) is 14.6. The van der Waals surface area contributed by atoms with Gasteiger partial charge in [0.2, 0.25) is 0 Å². The minimum absolute atomic E-state index is 0.201. The van der Waals surface area contributed by atoms with Gasteiger partial charge in [0, 0.05) is 0 Å². The van der Waals surface area contributed by atoms with E-state index < -0.39 is 0 Å². The molecular weight excluding hydrogens is 324 g/mol.